The average Bonchev–Trinajstić information content (AvgIpc) is 1.63. The Hall–Kier alpha value is -11.9. The third-order valence-electron chi connectivity index (χ3n) is 21.8. The van der Waals surface area contributed by atoms with Gasteiger partial charge in [0.05, 0.1) is 17.8 Å². The summed E-state index contributed by atoms with van der Waals surface area (Å²) in [5.74, 6) is -0.457. The molecule has 0 spiro atoms. The zero-order chi connectivity index (χ0) is 115. The van der Waals surface area contributed by atoms with Crippen LogP contribution >= 0.6 is 45.3 Å². The first kappa shape index (κ1) is 85.5. The van der Waals surface area contributed by atoms with E-state index in [1.54, 1.807) is 91.6 Å². The number of aryl methyl sites for hydroxylation is 2. The predicted molar refractivity (Wildman–Crippen MR) is 598 cm³/mol. The molecule has 0 saturated heterocycles. The van der Waals surface area contributed by atoms with Gasteiger partial charge in [-0.1, -0.05) is 263 Å². The summed E-state index contributed by atoms with van der Waals surface area (Å²) in [4.78, 5) is 32.9. The monoisotopic (exact) mass is 2680 g/mol. The number of hydrogen-bond acceptors (Lipinski definition) is 12. The molecule has 8 nitrogen and oxygen atoms in total. The summed E-state index contributed by atoms with van der Waals surface area (Å²) in [5.41, 5.74) is 13.6. The number of allylic oxidation sites excluding steroid dienone is 6. The summed E-state index contributed by atoms with van der Waals surface area (Å²) in [6.07, 6.45) is 34.9. The van der Waals surface area contributed by atoms with Gasteiger partial charge in [0.15, 0.2) is 0 Å². The maximum atomic E-state index is 8.65. The number of nitrogens with zero attached hydrogens (tertiary/aromatic N) is 8. The molecule has 734 valence electrons. The first-order valence-electron chi connectivity index (χ1n) is 56.2. The molecule has 143 heavy (non-hydrogen) atoms. The van der Waals surface area contributed by atoms with Crippen molar-refractivity contribution < 1.29 is 111 Å². The van der Waals surface area contributed by atoms with E-state index >= 15 is 0 Å². The van der Waals surface area contributed by atoms with E-state index in [2.05, 4.69) is 227 Å². The van der Waals surface area contributed by atoms with Crippen molar-refractivity contribution in [2.24, 2.45) is 21.8 Å². The van der Waals surface area contributed by atoms with Crippen molar-refractivity contribution in [1.29, 1.82) is 0 Å². The maximum Gasteiger partial charge on any atom is 0.0840 e. The zero-order valence-corrected chi connectivity index (χ0v) is 92.9. The van der Waals surface area contributed by atoms with Crippen LogP contribution in [0, 0.1) is 81.8 Å². The smallest absolute Gasteiger partial charge is 0.0840 e. The Labute approximate surface area is 946 Å². The summed E-state index contributed by atoms with van der Waals surface area (Å²) < 4.78 is 172. The second kappa shape index (κ2) is 60.6. The molecule has 10 aromatic heterocycles. The molecule has 3 unspecified atom stereocenters. The first-order valence-corrected chi connectivity index (χ1v) is 48.8. The van der Waals surface area contributed by atoms with Gasteiger partial charge in [0, 0.05) is 171 Å². The summed E-state index contributed by atoms with van der Waals surface area (Å²) in [6.45, 7) is 22.6. The molecule has 0 N–H and O–H groups in total. The van der Waals surface area contributed by atoms with E-state index in [9.17, 15) is 0 Å². The van der Waals surface area contributed by atoms with Crippen LogP contribution in [0.3, 0.4) is 0 Å². The molecule has 3 atom stereocenters. The summed E-state index contributed by atoms with van der Waals surface area (Å²) in [5, 5.41) is 10.6. The minimum Gasteiger partial charge on any atom is -0.325 e. The Kier molecular flexibility index (Phi) is 36.3. The van der Waals surface area contributed by atoms with Crippen LogP contribution in [0.1, 0.15) is 173 Å². The number of fused-ring (bicyclic) bond motifs is 10. The number of pyridine rings is 6. The Bertz CT molecular complexity index is 8850. The van der Waals surface area contributed by atoms with Crippen LogP contribution in [0.4, 0.5) is 0 Å². The predicted octanol–water partition coefficient (Wildman–Crippen LogP) is 31.6. The van der Waals surface area contributed by atoms with Gasteiger partial charge in [-0.25, -0.2) is 22.7 Å². The third kappa shape index (κ3) is 33.6. The minimum atomic E-state index is -0.877. The van der Waals surface area contributed by atoms with E-state index in [-0.39, 0.29) is 190 Å². The normalized spacial score (nSPS) is 16.6. The molecule has 16 heteroatoms. The third-order valence-corrected chi connectivity index (χ3v) is 26.4. The molecule has 4 radical (unpaired) electrons. The number of thiophene rings is 3. The molecule has 8 aromatic carbocycles. The Morgan fingerprint density at radius 1 is 0.531 bits per heavy atom. The second-order valence-corrected chi connectivity index (χ2v) is 36.4. The fourth-order valence-corrected chi connectivity index (χ4v) is 19.6. The number of aliphatic imine (C=N–C) groups is 2. The minimum absolute atomic E-state index is 0. The van der Waals surface area contributed by atoms with Gasteiger partial charge in [-0.05, 0) is 195 Å². The van der Waals surface area contributed by atoms with Crippen LogP contribution in [0.25, 0.3) is 108 Å². The SMILES string of the molecule is C=C[C-]=CC=C.CC(C)c1cccc2c1sc1cc[c-]cc12.CC1C=CN=C(c2[c-]cccc2)C1.Cc1ccnc(-c2[c-]cccc2)c1.[2HH].[2H]C1C(C([2H])(C)C)=CN=C(C2=c3sc4ccccc4c3=CC[CH-]2)C1[2H].[2H]c1[c-]c(-c2ncc([2H])c(C)c2[2H])c([2H])c([2H])c1[2H].[2H]c1c(C2([2H])CCCC2)cnc(-c2[c-]cccc3ccccc3sc2)c1[2H].[2H]c1cnc([2H])c([2H])c1[2H].[2H]c1cnccc1C.[2H]c1nc(C2=c3sc4ccccc4c3=CC[CH-]2)c([2H])c([2H])c1[2H].[Ir].[Ir].[Ir].[Ir]. The van der Waals surface area contributed by atoms with Crippen molar-refractivity contribution in [2.45, 2.75) is 125 Å². The molecule has 5 aliphatic rings. The van der Waals surface area contributed by atoms with Gasteiger partial charge in [0.2, 0.25) is 0 Å². The molecule has 18 aromatic rings. The number of benzene rings is 8. The zero-order valence-electron chi connectivity index (χ0n) is 101. The molecule has 3 aliphatic carbocycles. The van der Waals surface area contributed by atoms with Crippen LogP contribution in [0.2, 0.25) is 0 Å². The standard InChI is InChI=1S/C22H20NS.C20H20NS.C17H12NS.C15H13S.C12H12N.2C12H10N.C6H7N.C6H7.C5H5N.4Ir.H2/c1-2-8-17(7-1)19-13-14-21(23-15-19)20-11-4-3-9-18-10-5-6-12-22(18)24-16-20;1-13(2)14-10-11-18(21-12-14)17-8-5-7-16-15-6-3-4-9-19(15)22-20(16)17;1-2-10-16-12(6-1)13-7-5-8-14(17(13)19-16)15-9-3-4-11-18-15;1-10(2)11-7-5-8-13-12-6-3-4-9-14(12)16-15(11)13;3*1-10-7-8-13-12(9-10)11-5-3-2-4-6-11;1-6-2-4-7-5-3-6;1-3-5-6-4-2;1-2-4-6-5-3-1;;;;;/h3-6,9-10,12-17H,1-2,7-8H2;3-4,6-9,12-13H,5,10-11H2,1-2H3;1-4,6-11H,5H2;4-10H,1-2H3;2-5,7-8,10H,9H2,1H3;2*2-5,7-9H,1H3;2-5H,1H3;3-5H,1-2H2;1-5H;;;;;1H/q7*-1;;-1;;;;;;/i13D,14D,17D;10D,11D,13D;3D,4D,9D,11D;;;2D,3D,4D,5D,7D,9D;;2D;;1D,2D,3D,4D;;;;;1+1. The fourth-order valence-electron chi connectivity index (χ4n) is 14.9. The Balaban J connectivity index is 0.000000206. The van der Waals surface area contributed by atoms with Crippen molar-refractivity contribution >= 4 is 130 Å². The van der Waals surface area contributed by atoms with Crippen molar-refractivity contribution in [3.8, 4) is 33.8 Å². The van der Waals surface area contributed by atoms with Crippen LogP contribution < -0.4 is 19.5 Å². The van der Waals surface area contributed by atoms with E-state index in [4.69, 9.17) is 28.8 Å². The maximum absolute atomic E-state index is 8.65. The molecular weight excluding hydrogens is 2530 g/mol. The van der Waals surface area contributed by atoms with Gasteiger partial charge < -0.3 is 29.9 Å². The molecule has 12 heterocycles. The van der Waals surface area contributed by atoms with Crippen molar-refractivity contribution in [1.82, 2.24) is 29.9 Å². The van der Waals surface area contributed by atoms with Gasteiger partial charge in [-0.15, -0.1) is 142 Å². The van der Waals surface area contributed by atoms with Crippen molar-refractivity contribution in [3.63, 3.8) is 0 Å². The van der Waals surface area contributed by atoms with Crippen molar-refractivity contribution in [3.05, 3.63) is 503 Å². The largest absolute Gasteiger partial charge is 0.325 e. The second-order valence-electron chi connectivity index (χ2n) is 32.3. The van der Waals surface area contributed by atoms with Crippen LogP contribution in [0.5, 0.6) is 0 Å². The topological polar surface area (TPSA) is 102 Å². The van der Waals surface area contributed by atoms with Crippen molar-refractivity contribution in [2.75, 3.05) is 0 Å². The molecule has 1 saturated carbocycles. The summed E-state index contributed by atoms with van der Waals surface area (Å²) in [7, 11) is 0. The van der Waals surface area contributed by atoms with Gasteiger partial charge in [-0.3, -0.25) is 9.97 Å². The fraction of sp³-hybridized carbons (Fsp3) is 0.165. The average molecular weight is 2680 g/mol. The van der Waals surface area contributed by atoms with Crippen LogP contribution in [0.15, 0.2) is 405 Å². The molecule has 23 rings (SSSR count). The molecule has 0 amide bonds. The molecule has 2 aliphatic heterocycles. The van der Waals surface area contributed by atoms with Gasteiger partial charge in [0.25, 0.3) is 0 Å². The summed E-state index contributed by atoms with van der Waals surface area (Å²) >= 11 is 6.83. The number of hydrogen-bond donors (Lipinski definition) is 0. The van der Waals surface area contributed by atoms with E-state index < -0.39 is 24.6 Å². The molecule has 0 bridgehead atoms. The first-order chi connectivity index (χ1) is 76.7. The van der Waals surface area contributed by atoms with Crippen LogP contribution in [-0.2, 0) is 80.4 Å². The van der Waals surface area contributed by atoms with E-state index in [1.165, 1.54) is 69.1 Å². The summed E-state index contributed by atoms with van der Waals surface area (Å²) in [6, 6.07) is 78.5. The van der Waals surface area contributed by atoms with E-state index in [1.807, 2.05) is 152 Å². The van der Waals surface area contributed by atoms with Gasteiger partial charge in [-0.2, -0.15) is 103 Å². The van der Waals surface area contributed by atoms with E-state index in [0.717, 1.165) is 115 Å². The molecule has 1 fully saturated rings. The Morgan fingerprint density at radius 3 is 1.89 bits per heavy atom. The number of rotatable bonds is 11. The van der Waals surface area contributed by atoms with Crippen LogP contribution in [-0.4, -0.2) is 41.3 Å². The van der Waals surface area contributed by atoms with Gasteiger partial charge in [0.1, 0.15) is 0 Å². The molecular formula is C127H118Ir4N8S4-8. The number of aromatic nitrogens is 6. The van der Waals surface area contributed by atoms with E-state index in [0.29, 0.717) is 57.2 Å². The Morgan fingerprint density at radius 2 is 1.20 bits per heavy atom. The quantitative estimate of drug-likeness (QED) is 0.0944. The van der Waals surface area contributed by atoms with Gasteiger partial charge >= 0.3 is 0 Å².